The molecule has 2 heteroatoms. The molecular weight excluding hydrogens is 228 g/mol. The summed E-state index contributed by atoms with van der Waals surface area (Å²) in [6, 6.07) is 14.7. The zero-order chi connectivity index (χ0) is 11.7. The van der Waals surface area contributed by atoms with E-state index in [4.69, 9.17) is 0 Å². The van der Waals surface area contributed by atoms with Crippen LogP contribution >= 0.6 is 11.8 Å². The molecule has 1 aliphatic carbocycles. The summed E-state index contributed by atoms with van der Waals surface area (Å²) in [5.41, 5.74) is 0. The molecule has 0 bridgehead atoms. The predicted octanol–water partition coefficient (Wildman–Crippen LogP) is 3.91. The topological polar surface area (TPSA) is 17.1 Å². The molecule has 0 aliphatic heterocycles. The monoisotopic (exact) mass is 242 g/mol. The standard InChI is InChI=1S/C15H14OS/c16-15(12-5-6-12)10-17-14-8-7-11-3-1-2-4-13(11)9-14/h1-4,7-9,12H,5-6,10H2. The van der Waals surface area contributed by atoms with E-state index in [1.165, 1.54) is 15.7 Å². The Kier molecular flexibility index (Phi) is 2.89. The van der Waals surface area contributed by atoms with Gasteiger partial charge in [0.25, 0.3) is 0 Å². The van der Waals surface area contributed by atoms with Gasteiger partial charge in [0.05, 0.1) is 5.75 Å². The highest BCUT2D eigenvalue weighted by atomic mass is 32.2. The van der Waals surface area contributed by atoms with Gasteiger partial charge in [-0.3, -0.25) is 4.79 Å². The van der Waals surface area contributed by atoms with E-state index in [9.17, 15) is 4.79 Å². The van der Waals surface area contributed by atoms with Crippen LogP contribution in [-0.4, -0.2) is 11.5 Å². The van der Waals surface area contributed by atoms with Crippen LogP contribution in [0.1, 0.15) is 12.8 Å². The molecule has 1 fully saturated rings. The van der Waals surface area contributed by atoms with Crippen molar-refractivity contribution in [1.29, 1.82) is 0 Å². The number of rotatable bonds is 4. The van der Waals surface area contributed by atoms with Gasteiger partial charge in [-0.25, -0.2) is 0 Å². The molecule has 17 heavy (non-hydrogen) atoms. The molecule has 0 saturated heterocycles. The van der Waals surface area contributed by atoms with E-state index in [1.54, 1.807) is 11.8 Å². The van der Waals surface area contributed by atoms with Gasteiger partial charge in [-0.15, -0.1) is 11.8 Å². The van der Waals surface area contributed by atoms with Gasteiger partial charge in [0.1, 0.15) is 5.78 Å². The Morgan fingerprint density at radius 1 is 1.12 bits per heavy atom. The van der Waals surface area contributed by atoms with E-state index in [1.807, 2.05) is 12.1 Å². The first-order valence-electron chi connectivity index (χ1n) is 5.97. The largest absolute Gasteiger partial charge is 0.298 e. The van der Waals surface area contributed by atoms with E-state index >= 15 is 0 Å². The highest BCUT2D eigenvalue weighted by Gasteiger charge is 2.28. The quantitative estimate of drug-likeness (QED) is 0.756. The van der Waals surface area contributed by atoms with Crippen LogP contribution in [0.2, 0.25) is 0 Å². The van der Waals surface area contributed by atoms with E-state index in [0.29, 0.717) is 17.5 Å². The molecule has 0 radical (unpaired) electrons. The number of hydrogen-bond donors (Lipinski definition) is 0. The van der Waals surface area contributed by atoms with Gasteiger partial charge < -0.3 is 0 Å². The summed E-state index contributed by atoms with van der Waals surface area (Å²) in [5, 5.41) is 2.50. The Bertz CT molecular complexity index is 558. The molecule has 1 nitrogen and oxygen atoms in total. The third-order valence-corrected chi connectivity index (χ3v) is 4.15. The SMILES string of the molecule is O=C(CSc1ccc2ccccc2c1)C1CC1. The second-order valence-corrected chi connectivity index (χ2v) is 5.59. The smallest absolute Gasteiger partial charge is 0.146 e. The van der Waals surface area contributed by atoms with Crippen LogP contribution in [0.5, 0.6) is 0 Å². The zero-order valence-electron chi connectivity index (χ0n) is 9.56. The summed E-state index contributed by atoms with van der Waals surface area (Å²) in [7, 11) is 0. The summed E-state index contributed by atoms with van der Waals surface area (Å²) in [5.74, 6) is 1.43. The first-order chi connectivity index (χ1) is 8.33. The van der Waals surface area contributed by atoms with Crippen LogP contribution in [0.3, 0.4) is 0 Å². The summed E-state index contributed by atoms with van der Waals surface area (Å²) in [6.45, 7) is 0. The predicted molar refractivity (Wildman–Crippen MR) is 72.4 cm³/mol. The number of carbonyl (C=O) groups excluding carboxylic acids is 1. The molecule has 0 atom stereocenters. The Morgan fingerprint density at radius 2 is 1.88 bits per heavy atom. The third kappa shape index (κ3) is 2.52. The third-order valence-electron chi connectivity index (χ3n) is 3.13. The van der Waals surface area contributed by atoms with Crippen molar-refractivity contribution in [2.24, 2.45) is 5.92 Å². The number of thioether (sulfide) groups is 1. The number of carbonyl (C=O) groups is 1. The van der Waals surface area contributed by atoms with Crippen molar-refractivity contribution in [3.05, 3.63) is 42.5 Å². The normalized spacial score (nSPS) is 15.1. The van der Waals surface area contributed by atoms with Gasteiger partial charge in [-0.05, 0) is 35.7 Å². The van der Waals surface area contributed by atoms with Crippen LogP contribution in [-0.2, 0) is 4.79 Å². The molecule has 2 aromatic rings. The van der Waals surface area contributed by atoms with E-state index in [0.717, 1.165) is 12.8 Å². The van der Waals surface area contributed by atoms with Crippen LogP contribution in [0.15, 0.2) is 47.4 Å². The lowest BCUT2D eigenvalue weighted by atomic mass is 10.1. The van der Waals surface area contributed by atoms with Gasteiger partial charge in [0.15, 0.2) is 0 Å². The lowest BCUT2D eigenvalue weighted by molar-refractivity contribution is -0.117. The van der Waals surface area contributed by atoms with Gasteiger partial charge in [-0.1, -0.05) is 30.3 Å². The number of ketones is 1. The first-order valence-corrected chi connectivity index (χ1v) is 6.96. The molecule has 0 spiro atoms. The molecule has 0 heterocycles. The Labute approximate surface area is 105 Å². The van der Waals surface area contributed by atoms with Crippen LogP contribution in [0.25, 0.3) is 10.8 Å². The minimum atomic E-state index is 0.378. The van der Waals surface area contributed by atoms with E-state index < -0.39 is 0 Å². The number of fused-ring (bicyclic) bond motifs is 1. The van der Waals surface area contributed by atoms with Crippen molar-refractivity contribution < 1.29 is 4.79 Å². The van der Waals surface area contributed by atoms with Gasteiger partial charge in [0, 0.05) is 10.8 Å². The molecule has 0 unspecified atom stereocenters. The maximum absolute atomic E-state index is 11.6. The fourth-order valence-electron chi connectivity index (χ4n) is 1.93. The average Bonchev–Trinajstić information content (AvgIpc) is 3.20. The average molecular weight is 242 g/mol. The van der Waals surface area contributed by atoms with Crippen molar-refractivity contribution >= 4 is 28.3 Å². The van der Waals surface area contributed by atoms with Crippen molar-refractivity contribution in [2.75, 3.05) is 5.75 Å². The molecule has 0 aromatic heterocycles. The highest BCUT2D eigenvalue weighted by molar-refractivity contribution is 8.00. The summed E-state index contributed by atoms with van der Waals surface area (Å²) in [4.78, 5) is 12.8. The summed E-state index contributed by atoms with van der Waals surface area (Å²) in [6.07, 6.45) is 2.22. The molecule has 1 aliphatic rings. The fourth-order valence-corrected chi connectivity index (χ4v) is 2.85. The lowest BCUT2D eigenvalue weighted by Crippen LogP contribution is -2.02. The minimum Gasteiger partial charge on any atom is -0.298 e. The maximum atomic E-state index is 11.6. The van der Waals surface area contributed by atoms with Crippen LogP contribution in [0, 0.1) is 5.92 Å². The van der Waals surface area contributed by atoms with Crippen LogP contribution in [0.4, 0.5) is 0 Å². The number of Topliss-reactive ketones (excluding diaryl/α,β-unsaturated/α-hetero) is 1. The van der Waals surface area contributed by atoms with E-state index in [2.05, 4.69) is 30.3 Å². The molecule has 1 saturated carbocycles. The number of hydrogen-bond acceptors (Lipinski definition) is 2. The van der Waals surface area contributed by atoms with Gasteiger partial charge >= 0.3 is 0 Å². The second-order valence-electron chi connectivity index (χ2n) is 4.54. The number of benzene rings is 2. The molecule has 2 aromatic carbocycles. The minimum absolute atomic E-state index is 0.378. The summed E-state index contributed by atoms with van der Waals surface area (Å²) >= 11 is 1.66. The molecule has 0 amide bonds. The van der Waals surface area contributed by atoms with Crippen molar-refractivity contribution in [2.45, 2.75) is 17.7 Å². The maximum Gasteiger partial charge on any atom is 0.146 e. The Hall–Kier alpha value is -1.28. The van der Waals surface area contributed by atoms with E-state index in [-0.39, 0.29) is 0 Å². The molecule has 0 N–H and O–H groups in total. The van der Waals surface area contributed by atoms with Crippen LogP contribution < -0.4 is 0 Å². The molecule has 86 valence electrons. The summed E-state index contributed by atoms with van der Waals surface area (Å²) < 4.78 is 0. The van der Waals surface area contributed by atoms with Crippen molar-refractivity contribution in [3.8, 4) is 0 Å². The molecule has 3 rings (SSSR count). The second kappa shape index (κ2) is 4.53. The van der Waals surface area contributed by atoms with Gasteiger partial charge in [0.2, 0.25) is 0 Å². The van der Waals surface area contributed by atoms with Crippen molar-refractivity contribution in [3.63, 3.8) is 0 Å². The first kappa shape index (κ1) is 10.8. The zero-order valence-corrected chi connectivity index (χ0v) is 10.4. The highest BCUT2D eigenvalue weighted by Crippen LogP contribution is 2.32. The van der Waals surface area contributed by atoms with Gasteiger partial charge in [-0.2, -0.15) is 0 Å². The fraction of sp³-hybridized carbons (Fsp3) is 0.267. The van der Waals surface area contributed by atoms with Crippen molar-refractivity contribution in [1.82, 2.24) is 0 Å². The lowest BCUT2D eigenvalue weighted by Gasteiger charge is -2.03. The molecular formula is C15H14OS. The Balaban J connectivity index is 1.74. The Morgan fingerprint density at radius 3 is 2.65 bits per heavy atom.